The van der Waals surface area contributed by atoms with Gasteiger partial charge in [-0.1, -0.05) is 43.9 Å². The summed E-state index contributed by atoms with van der Waals surface area (Å²) in [6.45, 7) is 1.94. The molecule has 1 atom stereocenters. The Labute approximate surface area is 136 Å². The summed E-state index contributed by atoms with van der Waals surface area (Å²) in [5, 5.41) is -1.93. The monoisotopic (exact) mass is 364 g/mol. The molecule has 1 aromatic rings. The van der Waals surface area contributed by atoms with Crippen molar-refractivity contribution in [3.63, 3.8) is 0 Å². The average molecular weight is 365 g/mol. The first kappa shape index (κ1) is 18.8. The Morgan fingerprint density at radius 2 is 2.05 bits per heavy atom. The van der Waals surface area contributed by atoms with Crippen molar-refractivity contribution in [2.45, 2.75) is 42.8 Å². The molecule has 0 aliphatic heterocycles. The molecule has 0 amide bonds. The van der Waals surface area contributed by atoms with Gasteiger partial charge in [0, 0.05) is 5.02 Å². The van der Waals surface area contributed by atoms with Crippen LogP contribution in [0.2, 0.25) is 5.02 Å². The fraction of sp³-hybridized carbons (Fsp3) is 0.462. The zero-order chi connectivity index (χ0) is 16.8. The minimum absolute atomic E-state index is 0.0890. The lowest BCUT2D eigenvalue weighted by atomic mass is 10.1. The minimum Gasteiger partial charge on any atom is -0.360 e. The fourth-order valence-corrected chi connectivity index (χ4v) is 4.88. The molecule has 0 heterocycles. The van der Waals surface area contributed by atoms with Crippen molar-refractivity contribution in [2.75, 3.05) is 0 Å². The Balaban J connectivity index is 3.25. The molecule has 0 saturated carbocycles. The van der Waals surface area contributed by atoms with Crippen molar-refractivity contribution in [3.05, 3.63) is 34.8 Å². The maximum Gasteiger partial charge on any atom is 0.403 e. The van der Waals surface area contributed by atoms with Crippen molar-refractivity contribution in [3.8, 4) is 0 Å². The lowest BCUT2D eigenvalue weighted by Crippen LogP contribution is -2.31. The second-order valence-electron chi connectivity index (χ2n) is 4.70. The van der Waals surface area contributed by atoms with Crippen LogP contribution in [-0.2, 0) is 20.5 Å². The van der Waals surface area contributed by atoms with Gasteiger partial charge in [0.25, 0.3) is 9.84 Å². The van der Waals surface area contributed by atoms with E-state index >= 15 is 0 Å². The molecule has 6 nitrogen and oxygen atoms in total. The molecule has 22 heavy (non-hydrogen) atoms. The highest BCUT2D eigenvalue weighted by molar-refractivity contribution is 8.07. The van der Waals surface area contributed by atoms with Gasteiger partial charge in [-0.15, -0.1) is 0 Å². The standard InChI is InChI=1S/C13H17ClN2O4S2/c1-2-3-4-8-12(21(17)18)13(16-15)22(19,20)11-7-5-6-10(14)9-11/h5-7,9,12,21H,2-4,8H2,1H3. The van der Waals surface area contributed by atoms with Crippen molar-refractivity contribution in [1.82, 2.24) is 0 Å². The molecule has 1 rings (SSSR count). The second-order valence-corrected chi connectivity index (χ2v) is 8.22. The average Bonchev–Trinajstić information content (AvgIpc) is 2.46. The van der Waals surface area contributed by atoms with Crippen LogP contribution in [0.5, 0.6) is 0 Å². The van der Waals surface area contributed by atoms with Gasteiger partial charge in [0.15, 0.2) is 16.0 Å². The summed E-state index contributed by atoms with van der Waals surface area (Å²) < 4.78 is 47.7. The third-order valence-electron chi connectivity index (χ3n) is 3.10. The van der Waals surface area contributed by atoms with E-state index in [9.17, 15) is 16.8 Å². The predicted octanol–water partition coefficient (Wildman–Crippen LogP) is 2.30. The zero-order valence-electron chi connectivity index (χ0n) is 12.0. The lowest BCUT2D eigenvalue weighted by Gasteiger charge is -2.07. The van der Waals surface area contributed by atoms with Crippen molar-refractivity contribution in [1.29, 1.82) is 0 Å². The molecular formula is C13H17ClN2O4S2. The summed E-state index contributed by atoms with van der Waals surface area (Å²) in [4.78, 5) is 2.56. The molecule has 0 aliphatic rings. The maximum atomic E-state index is 12.5. The van der Waals surface area contributed by atoms with Gasteiger partial charge in [-0.25, -0.2) is 16.8 Å². The molecule has 0 radical (unpaired) electrons. The van der Waals surface area contributed by atoms with Crippen LogP contribution >= 0.6 is 11.6 Å². The number of benzene rings is 1. The Bertz CT molecular complexity index is 745. The molecule has 9 heteroatoms. The van der Waals surface area contributed by atoms with Crippen molar-refractivity contribution < 1.29 is 21.6 Å². The molecule has 0 fully saturated rings. The quantitative estimate of drug-likeness (QED) is 0.200. The number of sulfone groups is 1. The molecule has 0 aromatic heterocycles. The number of unbranched alkanes of at least 4 members (excludes halogenated alkanes) is 2. The highest BCUT2D eigenvalue weighted by Crippen LogP contribution is 2.20. The van der Waals surface area contributed by atoms with E-state index in [1.165, 1.54) is 24.3 Å². The summed E-state index contributed by atoms with van der Waals surface area (Å²) in [6, 6.07) is 5.37. The third-order valence-corrected chi connectivity index (χ3v) is 6.31. The summed E-state index contributed by atoms with van der Waals surface area (Å²) in [5.74, 6) is 0. The van der Waals surface area contributed by atoms with Crippen LogP contribution in [0.25, 0.3) is 5.53 Å². The number of rotatable bonds is 7. The van der Waals surface area contributed by atoms with Crippen LogP contribution in [0.15, 0.2) is 29.2 Å². The van der Waals surface area contributed by atoms with Gasteiger partial charge in [0.1, 0.15) is 0 Å². The number of hydrogen-bond acceptors (Lipinski definition) is 4. The number of halogens is 1. The smallest absolute Gasteiger partial charge is 0.360 e. The van der Waals surface area contributed by atoms with Gasteiger partial charge >= 0.3 is 5.04 Å². The highest BCUT2D eigenvalue weighted by atomic mass is 35.5. The van der Waals surface area contributed by atoms with E-state index in [1.54, 1.807) is 0 Å². The number of nitrogens with zero attached hydrogens (tertiary/aromatic N) is 2. The summed E-state index contributed by atoms with van der Waals surface area (Å²) in [7, 11) is -7.31. The normalized spacial score (nSPS) is 12.9. The van der Waals surface area contributed by atoms with Gasteiger partial charge < -0.3 is 5.53 Å². The van der Waals surface area contributed by atoms with E-state index in [1.807, 2.05) is 6.92 Å². The Morgan fingerprint density at radius 1 is 1.36 bits per heavy atom. The van der Waals surface area contributed by atoms with E-state index in [0.29, 0.717) is 6.42 Å². The first-order chi connectivity index (χ1) is 10.3. The van der Waals surface area contributed by atoms with Gasteiger partial charge in [0.05, 0.1) is 4.90 Å². The van der Waals surface area contributed by atoms with Crippen LogP contribution in [0, 0.1) is 0 Å². The highest BCUT2D eigenvalue weighted by Gasteiger charge is 2.39. The third kappa shape index (κ3) is 4.64. The molecule has 0 bridgehead atoms. The number of hydrogen-bond donors (Lipinski definition) is 1. The van der Waals surface area contributed by atoms with E-state index in [0.717, 1.165) is 12.8 Å². The molecule has 0 saturated heterocycles. The maximum absolute atomic E-state index is 12.5. The van der Waals surface area contributed by atoms with Crippen LogP contribution in [0.3, 0.4) is 0 Å². The minimum atomic E-state index is -4.22. The predicted molar refractivity (Wildman–Crippen MR) is 85.5 cm³/mol. The summed E-state index contributed by atoms with van der Waals surface area (Å²) in [5.41, 5.74) is 9.08. The molecule has 1 unspecified atom stereocenters. The Hall–Kier alpha value is -1.21. The molecule has 0 aliphatic carbocycles. The van der Waals surface area contributed by atoms with E-state index in [4.69, 9.17) is 17.1 Å². The largest absolute Gasteiger partial charge is 0.403 e. The Morgan fingerprint density at radius 3 is 2.55 bits per heavy atom. The van der Waals surface area contributed by atoms with Crippen LogP contribution in [0.1, 0.15) is 32.6 Å². The first-order valence-corrected chi connectivity index (χ1v) is 9.81. The molecule has 0 spiro atoms. The zero-order valence-corrected chi connectivity index (χ0v) is 14.4. The van der Waals surface area contributed by atoms with Crippen molar-refractivity contribution >= 4 is 37.2 Å². The molecule has 122 valence electrons. The SMILES string of the molecule is CCCCCC(C(=[N+]=[N-])S(=O)(=O)c1cccc(Cl)c1)[SH](=O)=O. The van der Waals surface area contributed by atoms with Crippen molar-refractivity contribution in [2.24, 2.45) is 0 Å². The van der Waals surface area contributed by atoms with Crippen LogP contribution < -0.4 is 0 Å². The second kappa shape index (κ2) is 8.43. The van der Waals surface area contributed by atoms with Crippen LogP contribution in [-0.4, -0.2) is 31.9 Å². The summed E-state index contributed by atoms with van der Waals surface area (Å²) in [6.07, 6.45) is 2.23. The molecular weight excluding hydrogens is 348 g/mol. The number of thiol groups is 1. The summed E-state index contributed by atoms with van der Waals surface area (Å²) >= 11 is 5.76. The van der Waals surface area contributed by atoms with Gasteiger partial charge in [-0.3, -0.25) is 0 Å². The van der Waals surface area contributed by atoms with Gasteiger partial charge in [-0.05, 0) is 24.6 Å². The van der Waals surface area contributed by atoms with Gasteiger partial charge in [0.2, 0.25) is 0 Å². The van der Waals surface area contributed by atoms with E-state index < -0.39 is 30.8 Å². The van der Waals surface area contributed by atoms with E-state index in [2.05, 4.69) is 4.79 Å². The van der Waals surface area contributed by atoms with Gasteiger partial charge in [-0.2, -0.15) is 4.79 Å². The van der Waals surface area contributed by atoms with Crippen LogP contribution in [0.4, 0.5) is 0 Å². The fourth-order valence-electron chi connectivity index (χ4n) is 1.96. The first-order valence-electron chi connectivity index (χ1n) is 6.70. The lowest BCUT2D eigenvalue weighted by molar-refractivity contribution is -0.00311. The Kier molecular flexibility index (Phi) is 7.22. The van der Waals surface area contributed by atoms with E-state index in [-0.39, 0.29) is 16.3 Å². The topological polar surface area (TPSA) is 105 Å². The molecule has 0 N–H and O–H groups in total. The molecule has 1 aromatic carbocycles.